The molecule has 114 valence electrons. The predicted molar refractivity (Wildman–Crippen MR) is 79.8 cm³/mol. The summed E-state index contributed by atoms with van der Waals surface area (Å²) in [5.74, 6) is 0.573. The monoisotopic (exact) mass is 291 g/mol. The van der Waals surface area contributed by atoms with E-state index in [4.69, 9.17) is 0 Å². The van der Waals surface area contributed by atoms with E-state index in [1.165, 1.54) is 6.26 Å². The van der Waals surface area contributed by atoms with E-state index in [0.717, 1.165) is 26.2 Å². The molecule has 0 spiro atoms. The Kier molecular flexibility index (Phi) is 5.79. The maximum Gasteiger partial charge on any atom is 0.211 e. The first-order chi connectivity index (χ1) is 8.58. The molecule has 0 aromatic carbocycles. The molecule has 0 bridgehead atoms. The quantitative estimate of drug-likeness (QED) is 0.805. The van der Waals surface area contributed by atoms with Gasteiger partial charge in [0, 0.05) is 38.3 Å². The Bertz CT molecular complexity index is 368. The fraction of sp³-hybridized carbons (Fsp3) is 1.00. The van der Waals surface area contributed by atoms with E-state index in [1.54, 1.807) is 4.31 Å². The molecular weight excluding hydrogens is 262 g/mol. The summed E-state index contributed by atoms with van der Waals surface area (Å²) in [5, 5.41) is 3.51. The average molecular weight is 291 g/mol. The normalized spacial score (nSPS) is 21.5. The van der Waals surface area contributed by atoms with Crippen LogP contribution in [-0.4, -0.2) is 68.7 Å². The number of hydrogen-bond acceptors (Lipinski definition) is 4. The highest BCUT2D eigenvalue weighted by molar-refractivity contribution is 7.88. The zero-order valence-electron chi connectivity index (χ0n) is 12.9. The van der Waals surface area contributed by atoms with Crippen LogP contribution in [0, 0.1) is 5.92 Å². The molecule has 1 N–H and O–H groups in total. The fourth-order valence-electron chi connectivity index (χ4n) is 2.23. The largest absolute Gasteiger partial charge is 0.312 e. The molecule has 0 aromatic rings. The van der Waals surface area contributed by atoms with Gasteiger partial charge in [0.1, 0.15) is 0 Å². The van der Waals surface area contributed by atoms with Gasteiger partial charge in [0.25, 0.3) is 0 Å². The minimum atomic E-state index is -3.01. The van der Waals surface area contributed by atoms with Gasteiger partial charge in [-0.25, -0.2) is 8.42 Å². The number of nitrogens with one attached hydrogen (secondary N) is 1. The molecule has 0 aliphatic carbocycles. The van der Waals surface area contributed by atoms with Gasteiger partial charge in [-0.3, -0.25) is 0 Å². The topological polar surface area (TPSA) is 52.6 Å². The second-order valence-electron chi connectivity index (χ2n) is 6.70. The van der Waals surface area contributed by atoms with Crippen LogP contribution in [0.15, 0.2) is 0 Å². The molecule has 0 saturated carbocycles. The molecule has 0 amide bonds. The number of sulfonamides is 1. The van der Waals surface area contributed by atoms with E-state index in [9.17, 15) is 8.42 Å². The van der Waals surface area contributed by atoms with Crippen molar-refractivity contribution >= 4 is 10.0 Å². The van der Waals surface area contributed by atoms with Crippen molar-refractivity contribution in [2.45, 2.75) is 33.2 Å². The minimum Gasteiger partial charge on any atom is -0.312 e. The van der Waals surface area contributed by atoms with E-state index >= 15 is 0 Å². The zero-order valence-corrected chi connectivity index (χ0v) is 13.8. The molecule has 1 aliphatic rings. The number of hydrogen-bond donors (Lipinski definition) is 1. The van der Waals surface area contributed by atoms with Crippen molar-refractivity contribution in [2.24, 2.45) is 5.92 Å². The lowest BCUT2D eigenvalue weighted by atomic mass is 10.1. The van der Waals surface area contributed by atoms with Gasteiger partial charge in [-0.05, 0) is 33.2 Å². The predicted octanol–water partition coefficient (Wildman–Crippen LogP) is 0.588. The Balaban J connectivity index is 2.29. The molecule has 6 heteroatoms. The molecule has 1 unspecified atom stereocenters. The van der Waals surface area contributed by atoms with E-state index in [1.807, 2.05) is 0 Å². The lowest BCUT2D eigenvalue weighted by Crippen LogP contribution is -2.50. The first-order valence-corrected chi connectivity index (χ1v) is 8.85. The van der Waals surface area contributed by atoms with E-state index < -0.39 is 10.0 Å². The summed E-state index contributed by atoms with van der Waals surface area (Å²) in [6.45, 7) is 13.7. The Morgan fingerprint density at radius 1 is 1.16 bits per heavy atom. The summed E-state index contributed by atoms with van der Waals surface area (Å²) in [6.07, 6.45) is 1.29. The highest BCUT2D eigenvalue weighted by Gasteiger charge is 2.24. The van der Waals surface area contributed by atoms with Gasteiger partial charge in [-0.1, -0.05) is 6.92 Å². The second kappa shape index (κ2) is 6.52. The summed E-state index contributed by atoms with van der Waals surface area (Å²) in [4.78, 5) is 2.36. The lowest BCUT2D eigenvalue weighted by Gasteiger charge is -2.35. The minimum absolute atomic E-state index is 0.156. The van der Waals surface area contributed by atoms with Crippen LogP contribution in [0.3, 0.4) is 0 Å². The van der Waals surface area contributed by atoms with Crippen molar-refractivity contribution in [3.63, 3.8) is 0 Å². The molecule has 1 heterocycles. The third-order valence-corrected chi connectivity index (χ3v) is 4.65. The zero-order chi connectivity index (χ0) is 14.7. The highest BCUT2D eigenvalue weighted by atomic mass is 32.2. The molecule has 1 fully saturated rings. The molecule has 0 radical (unpaired) electrons. The third kappa shape index (κ3) is 6.70. The molecule has 1 rings (SSSR count). The first kappa shape index (κ1) is 16.9. The van der Waals surface area contributed by atoms with E-state index in [-0.39, 0.29) is 5.54 Å². The SMILES string of the molecule is CC(CNC(C)(C)C)CN1CCN(S(C)(=O)=O)CC1. The molecular formula is C13H29N3O2S. The van der Waals surface area contributed by atoms with Crippen molar-refractivity contribution in [1.82, 2.24) is 14.5 Å². The Morgan fingerprint density at radius 2 is 1.68 bits per heavy atom. The van der Waals surface area contributed by atoms with Gasteiger partial charge in [-0.15, -0.1) is 0 Å². The highest BCUT2D eigenvalue weighted by Crippen LogP contribution is 2.09. The summed E-state index contributed by atoms with van der Waals surface area (Å²) in [6, 6.07) is 0. The van der Waals surface area contributed by atoms with Crippen LogP contribution < -0.4 is 5.32 Å². The van der Waals surface area contributed by atoms with Gasteiger partial charge in [-0.2, -0.15) is 4.31 Å². The van der Waals surface area contributed by atoms with Crippen molar-refractivity contribution < 1.29 is 8.42 Å². The lowest BCUT2D eigenvalue weighted by molar-refractivity contribution is 0.165. The van der Waals surface area contributed by atoms with Gasteiger partial charge in [0.2, 0.25) is 10.0 Å². The van der Waals surface area contributed by atoms with Gasteiger partial charge in [0.05, 0.1) is 6.26 Å². The molecule has 1 aliphatic heterocycles. The Hall–Kier alpha value is -0.170. The van der Waals surface area contributed by atoms with Crippen molar-refractivity contribution in [1.29, 1.82) is 0 Å². The van der Waals surface area contributed by atoms with Crippen molar-refractivity contribution in [3.8, 4) is 0 Å². The summed E-state index contributed by atoms with van der Waals surface area (Å²) < 4.78 is 24.4. The average Bonchev–Trinajstić information content (AvgIpc) is 2.25. The number of piperazine rings is 1. The van der Waals surface area contributed by atoms with Crippen LogP contribution in [0.5, 0.6) is 0 Å². The fourth-order valence-corrected chi connectivity index (χ4v) is 3.06. The maximum absolute atomic E-state index is 11.4. The Labute approximate surface area is 118 Å². The summed E-state index contributed by atoms with van der Waals surface area (Å²) >= 11 is 0. The first-order valence-electron chi connectivity index (χ1n) is 7.00. The third-order valence-electron chi connectivity index (χ3n) is 3.35. The number of rotatable bonds is 5. The molecule has 0 aromatic heterocycles. The molecule has 1 saturated heterocycles. The smallest absolute Gasteiger partial charge is 0.211 e. The molecule has 5 nitrogen and oxygen atoms in total. The van der Waals surface area contributed by atoms with Gasteiger partial charge >= 0.3 is 0 Å². The summed E-state index contributed by atoms with van der Waals surface area (Å²) in [5.41, 5.74) is 0.156. The van der Waals surface area contributed by atoms with Gasteiger partial charge < -0.3 is 10.2 Å². The standard InChI is InChI=1S/C13H29N3O2S/c1-12(10-14-13(2,3)4)11-15-6-8-16(9-7-15)19(5,17)18/h12,14H,6-11H2,1-5H3. The van der Waals surface area contributed by atoms with Crippen LogP contribution in [0.4, 0.5) is 0 Å². The van der Waals surface area contributed by atoms with Crippen LogP contribution in [0.25, 0.3) is 0 Å². The van der Waals surface area contributed by atoms with Crippen molar-refractivity contribution in [2.75, 3.05) is 45.5 Å². The second-order valence-corrected chi connectivity index (χ2v) is 8.68. The van der Waals surface area contributed by atoms with Gasteiger partial charge in [0.15, 0.2) is 0 Å². The van der Waals surface area contributed by atoms with E-state index in [2.05, 4.69) is 37.9 Å². The Morgan fingerprint density at radius 3 is 2.11 bits per heavy atom. The number of nitrogens with zero attached hydrogens (tertiary/aromatic N) is 2. The summed E-state index contributed by atoms with van der Waals surface area (Å²) in [7, 11) is -3.01. The van der Waals surface area contributed by atoms with Crippen LogP contribution in [-0.2, 0) is 10.0 Å². The van der Waals surface area contributed by atoms with Crippen molar-refractivity contribution in [3.05, 3.63) is 0 Å². The van der Waals surface area contributed by atoms with E-state index in [0.29, 0.717) is 19.0 Å². The van der Waals surface area contributed by atoms with Crippen LogP contribution >= 0.6 is 0 Å². The van der Waals surface area contributed by atoms with Crippen LogP contribution in [0.2, 0.25) is 0 Å². The molecule has 19 heavy (non-hydrogen) atoms. The van der Waals surface area contributed by atoms with Crippen LogP contribution in [0.1, 0.15) is 27.7 Å². The maximum atomic E-state index is 11.4. The molecule has 1 atom stereocenters.